The first-order chi connectivity index (χ1) is 9.61. The molecular formula is C16H13BrO3. The average Bonchev–Trinajstić information content (AvgIpc) is 2.45. The van der Waals surface area contributed by atoms with Gasteiger partial charge in [0, 0.05) is 0 Å². The molecule has 3 nitrogen and oxygen atoms in total. The van der Waals surface area contributed by atoms with Gasteiger partial charge in [0.05, 0.1) is 17.1 Å². The molecule has 0 aliphatic rings. The van der Waals surface area contributed by atoms with Crippen molar-refractivity contribution >= 4 is 27.8 Å². The predicted molar refractivity (Wildman–Crippen MR) is 82.2 cm³/mol. The third-order valence-corrected chi connectivity index (χ3v) is 3.39. The largest absolute Gasteiger partial charge is 0.507 e. The predicted octanol–water partition coefficient (Wildman–Crippen LogP) is 4.06. The topological polar surface area (TPSA) is 46.5 Å². The zero-order chi connectivity index (χ0) is 14.5. The molecule has 0 spiro atoms. The smallest absolute Gasteiger partial charge is 0.189 e. The lowest BCUT2D eigenvalue weighted by Crippen LogP contribution is -1.94. The normalized spacial score (nSPS) is 10.7. The highest BCUT2D eigenvalue weighted by Crippen LogP contribution is 2.26. The number of halogens is 1. The molecule has 0 fully saturated rings. The van der Waals surface area contributed by atoms with Gasteiger partial charge in [-0.25, -0.2) is 0 Å². The van der Waals surface area contributed by atoms with Crippen molar-refractivity contribution in [2.75, 3.05) is 7.11 Å². The number of carbonyl (C=O) groups excluding carboxylic acids is 1. The van der Waals surface area contributed by atoms with Crippen LogP contribution in [-0.4, -0.2) is 18.0 Å². The zero-order valence-electron chi connectivity index (χ0n) is 10.8. The van der Waals surface area contributed by atoms with Gasteiger partial charge in [0.2, 0.25) is 0 Å². The van der Waals surface area contributed by atoms with Crippen LogP contribution < -0.4 is 4.74 Å². The van der Waals surface area contributed by atoms with E-state index in [0.29, 0.717) is 0 Å². The van der Waals surface area contributed by atoms with Crippen molar-refractivity contribution < 1.29 is 14.6 Å². The van der Waals surface area contributed by atoms with E-state index in [1.807, 2.05) is 18.2 Å². The monoisotopic (exact) mass is 332 g/mol. The molecule has 0 unspecified atom stereocenters. The Kier molecular flexibility index (Phi) is 4.58. The van der Waals surface area contributed by atoms with Gasteiger partial charge in [-0.2, -0.15) is 0 Å². The number of ether oxygens (including phenoxy) is 1. The summed E-state index contributed by atoms with van der Waals surface area (Å²) in [4.78, 5) is 12.0. The molecule has 0 bridgehead atoms. The number of phenolic OH excluding ortho intramolecular Hbond substituents is 1. The third-order valence-electron chi connectivity index (χ3n) is 2.77. The Balaban J connectivity index is 2.19. The van der Waals surface area contributed by atoms with E-state index in [1.54, 1.807) is 31.4 Å². The molecule has 4 heteroatoms. The van der Waals surface area contributed by atoms with Crippen LogP contribution in [0.1, 0.15) is 15.9 Å². The highest BCUT2D eigenvalue weighted by molar-refractivity contribution is 9.10. The summed E-state index contributed by atoms with van der Waals surface area (Å²) in [7, 11) is 1.59. The maximum absolute atomic E-state index is 12.0. The van der Waals surface area contributed by atoms with Crippen molar-refractivity contribution in [3.05, 3.63) is 64.1 Å². The number of hydrogen-bond acceptors (Lipinski definition) is 3. The van der Waals surface area contributed by atoms with E-state index in [9.17, 15) is 9.90 Å². The summed E-state index contributed by atoms with van der Waals surface area (Å²) in [5, 5.41) is 9.61. The summed E-state index contributed by atoms with van der Waals surface area (Å²) in [6.07, 6.45) is 3.13. The second kappa shape index (κ2) is 6.39. The van der Waals surface area contributed by atoms with Crippen LogP contribution in [0.2, 0.25) is 0 Å². The first-order valence-electron chi connectivity index (χ1n) is 5.96. The lowest BCUT2D eigenvalue weighted by Gasteiger charge is -2.03. The molecule has 0 atom stereocenters. The number of phenols is 1. The van der Waals surface area contributed by atoms with Gasteiger partial charge >= 0.3 is 0 Å². The molecule has 1 N–H and O–H groups in total. The maximum atomic E-state index is 12.0. The van der Waals surface area contributed by atoms with E-state index in [-0.39, 0.29) is 17.1 Å². The van der Waals surface area contributed by atoms with E-state index in [2.05, 4.69) is 15.9 Å². The molecule has 0 aliphatic carbocycles. The number of allylic oxidation sites excluding steroid dienone is 1. The molecule has 0 aromatic heterocycles. The summed E-state index contributed by atoms with van der Waals surface area (Å²) < 4.78 is 5.96. The minimum Gasteiger partial charge on any atom is -0.507 e. The van der Waals surface area contributed by atoms with E-state index in [1.165, 1.54) is 12.1 Å². The van der Waals surface area contributed by atoms with E-state index < -0.39 is 0 Å². The number of hydrogen-bond donors (Lipinski definition) is 1. The van der Waals surface area contributed by atoms with Crippen LogP contribution in [0.4, 0.5) is 0 Å². The maximum Gasteiger partial charge on any atom is 0.189 e. The Morgan fingerprint density at radius 3 is 2.65 bits per heavy atom. The third kappa shape index (κ3) is 3.27. The minimum absolute atomic E-state index is 0.0157. The second-order valence-electron chi connectivity index (χ2n) is 4.11. The van der Waals surface area contributed by atoms with Gasteiger partial charge in [-0.05, 0) is 51.8 Å². The fourth-order valence-corrected chi connectivity index (χ4v) is 2.29. The van der Waals surface area contributed by atoms with Gasteiger partial charge in [0.15, 0.2) is 5.78 Å². The fourth-order valence-electron chi connectivity index (χ4n) is 1.73. The molecule has 20 heavy (non-hydrogen) atoms. The fraction of sp³-hybridized carbons (Fsp3) is 0.0625. The van der Waals surface area contributed by atoms with Crippen LogP contribution in [0.3, 0.4) is 0 Å². The van der Waals surface area contributed by atoms with Gasteiger partial charge < -0.3 is 9.84 Å². The minimum atomic E-state index is -0.241. The van der Waals surface area contributed by atoms with Gasteiger partial charge in [-0.1, -0.05) is 24.3 Å². The van der Waals surface area contributed by atoms with Crippen molar-refractivity contribution in [2.24, 2.45) is 0 Å². The molecule has 0 aliphatic heterocycles. The summed E-state index contributed by atoms with van der Waals surface area (Å²) in [5.41, 5.74) is 1.15. The Labute approximate surface area is 125 Å². The van der Waals surface area contributed by atoms with Crippen molar-refractivity contribution in [3.63, 3.8) is 0 Å². The molecule has 0 saturated heterocycles. The number of carbonyl (C=O) groups is 1. The quantitative estimate of drug-likeness (QED) is 0.678. The van der Waals surface area contributed by atoms with Gasteiger partial charge in [-0.15, -0.1) is 0 Å². The van der Waals surface area contributed by atoms with E-state index >= 15 is 0 Å². The summed E-state index contributed by atoms with van der Waals surface area (Å²) in [5.74, 6) is 0.474. The van der Waals surface area contributed by atoms with Gasteiger partial charge in [0.25, 0.3) is 0 Å². The molecule has 0 saturated carbocycles. The van der Waals surface area contributed by atoms with Crippen LogP contribution in [0, 0.1) is 0 Å². The van der Waals surface area contributed by atoms with Crippen LogP contribution in [0.5, 0.6) is 11.5 Å². The number of para-hydroxylation sites is 1. The van der Waals surface area contributed by atoms with E-state index in [4.69, 9.17) is 4.74 Å². The number of benzene rings is 2. The Morgan fingerprint density at radius 1 is 1.25 bits per heavy atom. The van der Waals surface area contributed by atoms with Crippen LogP contribution in [-0.2, 0) is 0 Å². The summed E-state index contributed by atoms with van der Waals surface area (Å²) in [6, 6.07) is 12.0. The highest BCUT2D eigenvalue weighted by atomic mass is 79.9. The van der Waals surface area contributed by atoms with Crippen LogP contribution in [0.15, 0.2) is 53.0 Å². The van der Waals surface area contributed by atoms with Crippen molar-refractivity contribution in [1.29, 1.82) is 0 Å². The van der Waals surface area contributed by atoms with Crippen molar-refractivity contribution in [2.45, 2.75) is 0 Å². The number of methoxy groups -OCH3 is 1. The molecule has 2 rings (SSSR count). The van der Waals surface area contributed by atoms with Crippen molar-refractivity contribution in [1.82, 2.24) is 0 Å². The Bertz CT molecular complexity index is 663. The van der Waals surface area contributed by atoms with E-state index in [0.717, 1.165) is 15.8 Å². The molecule has 2 aromatic rings. The lowest BCUT2D eigenvalue weighted by atomic mass is 10.1. The van der Waals surface area contributed by atoms with Crippen molar-refractivity contribution in [3.8, 4) is 11.5 Å². The second-order valence-corrected chi connectivity index (χ2v) is 4.96. The van der Waals surface area contributed by atoms with Crippen LogP contribution in [0.25, 0.3) is 6.08 Å². The number of rotatable bonds is 4. The standard InChI is InChI=1S/C16H13BrO3/c1-20-16-9-7-11(10-13(16)17)6-8-15(19)12-4-2-3-5-14(12)18/h2-10,18H,1H3. The first kappa shape index (κ1) is 14.3. The van der Waals surface area contributed by atoms with Gasteiger partial charge in [0.1, 0.15) is 11.5 Å². The molecule has 0 radical (unpaired) electrons. The zero-order valence-corrected chi connectivity index (χ0v) is 12.4. The molecule has 102 valence electrons. The summed E-state index contributed by atoms with van der Waals surface area (Å²) in [6.45, 7) is 0. The molecule has 2 aromatic carbocycles. The average molecular weight is 333 g/mol. The molecule has 0 amide bonds. The Morgan fingerprint density at radius 2 is 2.00 bits per heavy atom. The highest BCUT2D eigenvalue weighted by Gasteiger charge is 2.06. The van der Waals surface area contributed by atoms with Crippen LogP contribution >= 0.6 is 15.9 Å². The summed E-state index contributed by atoms with van der Waals surface area (Å²) >= 11 is 3.39. The first-order valence-corrected chi connectivity index (χ1v) is 6.75. The SMILES string of the molecule is COc1ccc(C=CC(=O)c2ccccc2O)cc1Br. The Hall–Kier alpha value is -2.07. The lowest BCUT2D eigenvalue weighted by molar-refractivity contribution is 0.104. The molecule has 0 heterocycles. The number of aromatic hydroxyl groups is 1. The molecular weight excluding hydrogens is 320 g/mol. The number of ketones is 1. The van der Waals surface area contributed by atoms with Gasteiger partial charge in [-0.3, -0.25) is 4.79 Å².